The maximum absolute atomic E-state index is 12.1. The van der Waals surface area contributed by atoms with E-state index < -0.39 is 5.97 Å². The Balaban J connectivity index is 1.67. The summed E-state index contributed by atoms with van der Waals surface area (Å²) in [5, 5.41) is 2.72. The molecule has 1 aromatic carbocycles. The van der Waals surface area contributed by atoms with Gasteiger partial charge in [0.15, 0.2) is 0 Å². The molecule has 0 radical (unpaired) electrons. The zero-order valence-electron chi connectivity index (χ0n) is 12.7. The second kappa shape index (κ2) is 6.43. The molecule has 1 fully saturated rings. The number of benzene rings is 1. The summed E-state index contributed by atoms with van der Waals surface area (Å²) < 4.78 is 5.24. The van der Waals surface area contributed by atoms with E-state index in [1.807, 2.05) is 6.92 Å². The summed E-state index contributed by atoms with van der Waals surface area (Å²) in [4.78, 5) is 33.6. The minimum Gasteiger partial charge on any atom is -0.456 e. The number of hydrogen-bond acceptors (Lipinski definition) is 5. The summed E-state index contributed by atoms with van der Waals surface area (Å²) in [5.74, 6) is -0.464. The molecule has 0 unspecified atom stereocenters. The third kappa shape index (κ3) is 3.45. The molecule has 118 valence electrons. The molecule has 1 aliphatic heterocycles. The molecule has 3 rings (SSSR count). The van der Waals surface area contributed by atoms with Crippen molar-refractivity contribution < 1.29 is 14.3 Å². The Hall–Kier alpha value is -2.96. The summed E-state index contributed by atoms with van der Waals surface area (Å²) in [6.45, 7) is 3.07. The third-order valence-corrected chi connectivity index (χ3v) is 3.44. The van der Waals surface area contributed by atoms with Crippen LogP contribution in [0.15, 0.2) is 36.7 Å². The fourth-order valence-corrected chi connectivity index (χ4v) is 2.24. The van der Waals surface area contributed by atoms with Gasteiger partial charge in [0, 0.05) is 25.0 Å². The van der Waals surface area contributed by atoms with Crippen LogP contribution in [0.5, 0.6) is 0 Å². The van der Waals surface area contributed by atoms with Crippen molar-refractivity contribution in [3.05, 3.63) is 53.6 Å². The molecule has 1 N–H and O–H groups in total. The Kier molecular flexibility index (Phi) is 4.18. The van der Waals surface area contributed by atoms with E-state index in [0.717, 1.165) is 5.69 Å². The third-order valence-electron chi connectivity index (χ3n) is 3.44. The van der Waals surface area contributed by atoms with Gasteiger partial charge in [-0.25, -0.2) is 9.59 Å². The largest absolute Gasteiger partial charge is 0.456 e. The molecule has 0 saturated carbocycles. The molecule has 2 amide bonds. The van der Waals surface area contributed by atoms with Crippen molar-refractivity contribution in [3.8, 4) is 0 Å². The minimum absolute atomic E-state index is 0.0561. The Morgan fingerprint density at radius 1 is 1.35 bits per heavy atom. The SMILES string of the molecule is Cc1cnc(COC(=O)c2cccc(N3CCNC3=O)c2)cn1. The fourth-order valence-electron chi connectivity index (χ4n) is 2.24. The van der Waals surface area contributed by atoms with Gasteiger partial charge in [0.1, 0.15) is 6.61 Å². The van der Waals surface area contributed by atoms with Crippen LogP contribution in [0.3, 0.4) is 0 Å². The average Bonchev–Trinajstić information content (AvgIpc) is 3.00. The van der Waals surface area contributed by atoms with Gasteiger partial charge in [-0.3, -0.25) is 14.9 Å². The second-order valence-corrected chi connectivity index (χ2v) is 5.16. The highest BCUT2D eigenvalue weighted by Crippen LogP contribution is 2.19. The Bertz CT molecular complexity index is 730. The van der Waals surface area contributed by atoms with E-state index in [1.54, 1.807) is 41.6 Å². The number of anilines is 1. The number of aryl methyl sites for hydroxylation is 1. The minimum atomic E-state index is -0.464. The van der Waals surface area contributed by atoms with Crippen LogP contribution in [0.2, 0.25) is 0 Å². The molecule has 7 nitrogen and oxygen atoms in total. The van der Waals surface area contributed by atoms with Crippen molar-refractivity contribution in [2.75, 3.05) is 18.0 Å². The highest BCUT2D eigenvalue weighted by molar-refractivity contribution is 5.96. The number of hydrogen-bond donors (Lipinski definition) is 1. The van der Waals surface area contributed by atoms with Gasteiger partial charge in [-0.2, -0.15) is 0 Å². The summed E-state index contributed by atoms with van der Waals surface area (Å²) in [5.41, 5.74) is 2.45. The smallest absolute Gasteiger partial charge is 0.338 e. The van der Waals surface area contributed by atoms with E-state index in [-0.39, 0.29) is 12.6 Å². The molecular weight excluding hydrogens is 296 g/mol. The van der Waals surface area contributed by atoms with Gasteiger partial charge in [0.25, 0.3) is 0 Å². The topological polar surface area (TPSA) is 84.4 Å². The Morgan fingerprint density at radius 2 is 2.22 bits per heavy atom. The lowest BCUT2D eigenvalue weighted by molar-refractivity contribution is 0.0467. The standard InChI is InChI=1S/C16H16N4O3/c1-11-8-19-13(9-18-11)10-23-15(21)12-3-2-4-14(7-12)20-6-5-17-16(20)22/h2-4,7-9H,5-6,10H2,1H3,(H,17,22). The molecule has 1 aromatic heterocycles. The van der Waals surface area contributed by atoms with E-state index >= 15 is 0 Å². The average molecular weight is 312 g/mol. The van der Waals surface area contributed by atoms with E-state index in [4.69, 9.17) is 4.74 Å². The first-order valence-electron chi connectivity index (χ1n) is 7.23. The van der Waals surface area contributed by atoms with Crippen LogP contribution in [-0.2, 0) is 11.3 Å². The zero-order chi connectivity index (χ0) is 16.2. The zero-order valence-corrected chi connectivity index (χ0v) is 12.7. The van der Waals surface area contributed by atoms with Gasteiger partial charge in [0.2, 0.25) is 0 Å². The van der Waals surface area contributed by atoms with Crippen LogP contribution < -0.4 is 10.2 Å². The van der Waals surface area contributed by atoms with E-state index in [9.17, 15) is 9.59 Å². The molecule has 23 heavy (non-hydrogen) atoms. The number of carbonyl (C=O) groups excluding carboxylic acids is 2. The van der Waals surface area contributed by atoms with Gasteiger partial charge >= 0.3 is 12.0 Å². The van der Waals surface area contributed by atoms with Crippen LogP contribution in [0, 0.1) is 6.92 Å². The van der Waals surface area contributed by atoms with Gasteiger partial charge in [0.05, 0.1) is 23.1 Å². The van der Waals surface area contributed by atoms with E-state index in [1.165, 1.54) is 0 Å². The van der Waals surface area contributed by atoms with Crippen LogP contribution in [-0.4, -0.2) is 35.1 Å². The van der Waals surface area contributed by atoms with E-state index in [2.05, 4.69) is 15.3 Å². The monoisotopic (exact) mass is 312 g/mol. The predicted octanol–water partition coefficient (Wildman–Crippen LogP) is 1.67. The Morgan fingerprint density at radius 3 is 2.91 bits per heavy atom. The molecule has 0 atom stereocenters. The summed E-state index contributed by atoms with van der Waals surface area (Å²) in [6.07, 6.45) is 3.20. The van der Waals surface area contributed by atoms with Crippen LogP contribution in [0.4, 0.5) is 10.5 Å². The molecule has 1 saturated heterocycles. The molecule has 1 aliphatic rings. The summed E-state index contributed by atoms with van der Waals surface area (Å²) in [7, 11) is 0. The first-order valence-corrected chi connectivity index (χ1v) is 7.23. The van der Waals surface area contributed by atoms with Crippen LogP contribution in [0.1, 0.15) is 21.7 Å². The molecule has 7 heteroatoms. The normalized spacial score (nSPS) is 13.8. The number of nitrogens with zero attached hydrogens (tertiary/aromatic N) is 3. The number of esters is 1. The molecular formula is C16H16N4O3. The van der Waals surface area contributed by atoms with Crippen LogP contribution in [0.25, 0.3) is 0 Å². The number of aromatic nitrogens is 2. The van der Waals surface area contributed by atoms with Crippen molar-refractivity contribution >= 4 is 17.7 Å². The van der Waals surface area contributed by atoms with Crippen molar-refractivity contribution in [2.24, 2.45) is 0 Å². The quantitative estimate of drug-likeness (QED) is 0.868. The van der Waals surface area contributed by atoms with Crippen molar-refractivity contribution in [1.82, 2.24) is 15.3 Å². The van der Waals surface area contributed by atoms with Crippen LogP contribution >= 0.6 is 0 Å². The summed E-state index contributed by atoms with van der Waals surface area (Å²) >= 11 is 0. The maximum Gasteiger partial charge on any atom is 0.338 e. The molecule has 2 aromatic rings. The van der Waals surface area contributed by atoms with Crippen molar-refractivity contribution in [1.29, 1.82) is 0 Å². The number of ether oxygens (including phenoxy) is 1. The first kappa shape index (κ1) is 15.0. The number of rotatable bonds is 4. The lowest BCUT2D eigenvalue weighted by atomic mass is 10.2. The van der Waals surface area contributed by atoms with Crippen molar-refractivity contribution in [2.45, 2.75) is 13.5 Å². The Labute approximate surface area is 133 Å². The number of carbonyl (C=O) groups is 2. The molecule has 2 heterocycles. The van der Waals surface area contributed by atoms with Crippen molar-refractivity contribution in [3.63, 3.8) is 0 Å². The maximum atomic E-state index is 12.1. The molecule has 0 bridgehead atoms. The second-order valence-electron chi connectivity index (χ2n) is 5.16. The van der Waals surface area contributed by atoms with Gasteiger partial charge in [-0.05, 0) is 25.1 Å². The first-order chi connectivity index (χ1) is 11.1. The predicted molar refractivity (Wildman–Crippen MR) is 83.1 cm³/mol. The number of nitrogens with one attached hydrogen (secondary N) is 1. The number of urea groups is 1. The lowest BCUT2D eigenvalue weighted by Crippen LogP contribution is -2.27. The fraction of sp³-hybridized carbons (Fsp3) is 0.250. The molecule has 0 aliphatic carbocycles. The van der Waals surface area contributed by atoms with Gasteiger partial charge in [-0.1, -0.05) is 6.07 Å². The lowest BCUT2D eigenvalue weighted by Gasteiger charge is -2.14. The van der Waals surface area contributed by atoms with Gasteiger partial charge in [-0.15, -0.1) is 0 Å². The highest BCUT2D eigenvalue weighted by Gasteiger charge is 2.22. The van der Waals surface area contributed by atoms with E-state index in [0.29, 0.717) is 30.0 Å². The highest BCUT2D eigenvalue weighted by atomic mass is 16.5. The molecule has 0 spiro atoms. The van der Waals surface area contributed by atoms with Gasteiger partial charge < -0.3 is 10.1 Å². The summed E-state index contributed by atoms with van der Waals surface area (Å²) in [6, 6.07) is 6.65. The number of amides is 2.